The quantitative estimate of drug-likeness (QED) is 0.853. The van der Waals surface area contributed by atoms with Crippen molar-refractivity contribution in [3.63, 3.8) is 0 Å². The van der Waals surface area contributed by atoms with Crippen molar-refractivity contribution in [2.75, 3.05) is 25.1 Å². The van der Waals surface area contributed by atoms with Gasteiger partial charge in [0.1, 0.15) is 5.41 Å². The smallest absolute Gasteiger partial charge is 0.314 e. The first-order valence-corrected chi connectivity index (χ1v) is 6.36. The lowest BCUT2D eigenvalue weighted by molar-refractivity contribution is -0.179. The molecule has 0 atom stereocenters. The fraction of sp³-hybridized carbons (Fsp3) is 0.500. The SMILES string of the molecule is O=C(O)C1(Cc2ccc3c(c2)CCCN3)COC1. The molecule has 0 unspecified atom stereocenters. The number of nitrogens with one attached hydrogen (secondary N) is 1. The van der Waals surface area contributed by atoms with Crippen LogP contribution in [0.3, 0.4) is 0 Å². The molecule has 4 heteroatoms. The van der Waals surface area contributed by atoms with Gasteiger partial charge in [-0.05, 0) is 36.5 Å². The molecule has 0 aromatic heterocycles. The number of ether oxygens (including phenoxy) is 1. The summed E-state index contributed by atoms with van der Waals surface area (Å²) in [5, 5.41) is 12.7. The minimum absolute atomic E-state index is 0.331. The molecular weight excluding hydrogens is 230 g/mol. The molecule has 0 spiro atoms. The molecule has 1 saturated heterocycles. The van der Waals surface area contributed by atoms with Crippen molar-refractivity contribution in [2.45, 2.75) is 19.3 Å². The number of rotatable bonds is 3. The second-order valence-corrected chi connectivity index (χ2v) is 5.28. The zero-order valence-corrected chi connectivity index (χ0v) is 10.2. The van der Waals surface area contributed by atoms with E-state index in [0.29, 0.717) is 19.6 Å². The van der Waals surface area contributed by atoms with Crippen LogP contribution in [0.2, 0.25) is 0 Å². The molecule has 1 aromatic rings. The number of hydrogen-bond acceptors (Lipinski definition) is 3. The minimum Gasteiger partial charge on any atom is -0.481 e. The van der Waals surface area contributed by atoms with Crippen molar-refractivity contribution in [2.24, 2.45) is 5.41 Å². The van der Waals surface area contributed by atoms with E-state index in [4.69, 9.17) is 4.74 Å². The summed E-state index contributed by atoms with van der Waals surface area (Å²) in [5.74, 6) is -0.746. The van der Waals surface area contributed by atoms with Gasteiger partial charge in [0.25, 0.3) is 0 Å². The number of carboxylic acid groups (broad SMARTS) is 1. The van der Waals surface area contributed by atoms with Gasteiger partial charge in [-0.25, -0.2) is 0 Å². The number of aryl methyl sites for hydroxylation is 1. The first-order valence-electron chi connectivity index (χ1n) is 6.36. The van der Waals surface area contributed by atoms with Crippen molar-refractivity contribution >= 4 is 11.7 Å². The summed E-state index contributed by atoms with van der Waals surface area (Å²) in [6.45, 7) is 1.69. The number of carboxylic acids is 1. The van der Waals surface area contributed by atoms with Crippen molar-refractivity contribution < 1.29 is 14.6 Å². The third kappa shape index (κ3) is 1.86. The van der Waals surface area contributed by atoms with Crippen LogP contribution in [0.25, 0.3) is 0 Å². The zero-order chi connectivity index (χ0) is 12.6. The monoisotopic (exact) mass is 247 g/mol. The van der Waals surface area contributed by atoms with E-state index in [1.54, 1.807) is 0 Å². The summed E-state index contributed by atoms with van der Waals surface area (Å²) in [6, 6.07) is 6.24. The summed E-state index contributed by atoms with van der Waals surface area (Å²) >= 11 is 0. The maximum absolute atomic E-state index is 11.3. The van der Waals surface area contributed by atoms with Gasteiger partial charge < -0.3 is 15.2 Å². The Morgan fingerprint density at radius 1 is 1.44 bits per heavy atom. The minimum atomic E-state index is -0.746. The summed E-state index contributed by atoms with van der Waals surface area (Å²) in [6.07, 6.45) is 2.78. The lowest BCUT2D eigenvalue weighted by atomic mass is 9.79. The fourth-order valence-corrected chi connectivity index (χ4v) is 2.68. The Labute approximate surface area is 106 Å². The Bertz CT molecular complexity index is 480. The lowest BCUT2D eigenvalue weighted by Crippen LogP contribution is -2.50. The van der Waals surface area contributed by atoms with E-state index in [9.17, 15) is 9.90 Å². The third-order valence-electron chi connectivity index (χ3n) is 3.86. The Kier molecular flexibility index (Phi) is 2.74. The van der Waals surface area contributed by atoms with Gasteiger partial charge in [-0.3, -0.25) is 4.79 Å². The highest BCUT2D eigenvalue weighted by Crippen LogP contribution is 2.33. The second kappa shape index (κ2) is 4.28. The van der Waals surface area contributed by atoms with E-state index in [0.717, 1.165) is 24.9 Å². The number of benzene rings is 1. The van der Waals surface area contributed by atoms with E-state index >= 15 is 0 Å². The van der Waals surface area contributed by atoms with Crippen LogP contribution in [0, 0.1) is 5.41 Å². The summed E-state index contributed by atoms with van der Waals surface area (Å²) in [5.41, 5.74) is 2.90. The Balaban J connectivity index is 1.82. The molecule has 0 aliphatic carbocycles. The Morgan fingerprint density at radius 2 is 2.28 bits per heavy atom. The largest absolute Gasteiger partial charge is 0.481 e. The van der Waals surface area contributed by atoms with Crippen LogP contribution in [-0.4, -0.2) is 30.8 Å². The number of carbonyl (C=O) groups is 1. The van der Waals surface area contributed by atoms with Gasteiger partial charge in [-0.1, -0.05) is 12.1 Å². The van der Waals surface area contributed by atoms with Gasteiger partial charge in [0.05, 0.1) is 13.2 Å². The standard InChI is InChI=1S/C14H17NO3/c16-13(17)14(8-18-9-14)7-10-3-4-12-11(6-10)2-1-5-15-12/h3-4,6,15H,1-2,5,7-9H2,(H,16,17). The molecule has 0 saturated carbocycles. The van der Waals surface area contributed by atoms with Gasteiger partial charge in [0.2, 0.25) is 0 Å². The highest BCUT2D eigenvalue weighted by atomic mass is 16.5. The maximum atomic E-state index is 11.3. The van der Waals surface area contributed by atoms with Crippen LogP contribution in [0.1, 0.15) is 17.5 Å². The molecule has 2 aliphatic heterocycles. The first-order chi connectivity index (χ1) is 8.70. The third-order valence-corrected chi connectivity index (χ3v) is 3.86. The van der Waals surface area contributed by atoms with E-state index in [1.165, 1.54) is 11.3 Å². The van der Waals surface area contributed by atoms with Gasteiger partial charge in [0.15, 0.2) is 0 Å². The number of anilines is 1. The Morgan fingerprint density at radius 3 is 2.94 bits per heavy atom. The normalized spacial score (nSPS) is 20.4. The van der Waals surface area contributed by atoms with E-state index in [-0.39, 0.29) is 0 Å². The lowest BCUT2D eigenvalue weighted by Gasteiger charge is -2.37. The average Bonchev–Trinajstić information content (AvgIpc) is 2.33. The molecule has 2 N–H and O–H groups in total. The molecule has 0 radical (unpaired) electrons. The van der Waals surface area contributed by atoms with Crippen molar-refractivity contribution in [1.82, 2.24) is 0 Å². The summed E-state index contributed by atoms with van der Waals surface area (Å²) in [7, 11) is 0. The molecule has 2 heterocycles. The predicted octanol–water partition coefficient (Wildman–Crippen LogP) is 1.69. The van der Waals surface area contributed by atoms with Crippen LogP contribution in [0.5, 0.6) is 0 Å². The van der Waals surface area contributed by atoms with Gasteiger partial charge >= 0.3 is 5.97 Å². The predicted molar refractivity (Wildman–Crippen MR) is 67.8 cm³/mol. The Hall–Kier alpha value is -1.55. The van der Waals surface area contributed by atoms with Crippen molar-refractivity contribution in [3.8, 4) is 0 Å². The van der Waals surface area contributed by atoms with Crippen LogP contribution in [0.4, 0.5) is 5.69 Å². The molecule has 1 fully saturated rings. The molecule has 0 bridgehead atoms. The molecule has 96 valence electrons. The van der Waals surface area contributed by atoms with Crippen molar-refractivity contribution in [1.29, 1.82) is 0 Å². The summed E-state index contributed by atoms with van der Waals surface area (Å²) < 4.78 is 5.09. The molecule has 0 amide bonds. The zero-order valence-electron chi connectivity index (χ0n) is 10.2. The second-order valence-electron chi connectivity index (χ2n) is 5.28. The number of hydrogen-bond donors (Lipinski definition) is 2. The topological polar surface area (TPSA) is 58.6 Å². The van der Waals surface area contributed by atoms with Gasteiger partial charge in [-0.2, -0.15) is 0 Å². The fourth-order valence-electron chi connectivity index (χ4n) is 2.68. The maximum Gasteiger partial charge on any atom is 0.314 e. The van der Waals surface area contributed by atoms with Crippen molar-refractivity contribution in [3.05, 3.63) is 29.3 Å². The van der Waals surface area contributed by atoms with E-state index in [2.05, 4.69) is 17.4 Å². The molecular formula is C14H17NO3. The van der Waals surface area contributed by atoms with Gasteiger partial charge in [0, 0.05) is 12.2 Å². The van der Waals surface area contributed by atoms with E-state index in [1.807, 2.05) is 6.07 Å². The molecule has 18 heavy (non-hydrogen) atoms. The molecule has 2 aliphatic rings. The van der Waals surface area contributed by atoms with Gasteiger partial charge in [-0.15, -0.1) is 0 Å². The first kappa shape index (κ1) is 11.5. The van der Waals surface area contributed by atoms with Crippen LogP contribution >= 0.6 is 0 Å². The average molecular weight is 247 g/mol. The number of aliphatic carboxylic acids is 1. The molecule has 3 rings (SSSR count). The highest BCUT2D eigenvalue weighted by Gasteiger charge is 2.46. The van der Waals surface area contributed by atoms with Crippen LogP contribution < -0.4 is 5.32 Å². The van der Waals surface area contributed by atoms with Crippen LogP contribution in [-0.2, 0) is 22.4 Å². The number of fused-ring (bicyclic) bond motifs is 1. The highest BCUT2D eigenvalue weighted by molar-refractivity contribution is 5.76. The summed E-state index contributed by atoms with van der Waals surface area (Å²) in [4.78, 5) is 11.3. The van der Waals surface area contributed by atoms with Crippen LogP contribution in [0.15, 0.2) is 18.2 Å². The van der Waals surface area contributed by atoms with E-state index < -0.39 is 11.4 Å². The molecule has 1 aromatic carbocycles. The molecule has 4 nitrogen and oxygen atoms in total.